The van der Waals surface area contributed by atoms with Crippen molar-refractivity contribution in [2.75, 3.05) is 12.9 Å². The van der Waals surface area contributed by atoms with E-state index < -0.39 is 0 Å². The van der Waals surface area contributed by atoms with Crippen molar-refractivity contribution in [1.82, 2.24) is 9.55 Å². The first kappa shape index (κ1) is 19.4. The molecule has 0 aliphatic rings. The third-order valence-corrected chi connectivity index (χ3v) is 6.52. The standard InChI is InChI=1S/C19H21N3O3S2/c1-4-14-11(2)16-17(27-14)21-19(26-9-8-15(20)23)22(18(16)24)12-6-5-7-13(10-12)25-3/h5-7,10H,4,8-9H2,1-3H3,(H2,20,23). The number of rotatable bonds is 7. The summed E-state index contributed by atoms with van der Waals surface area (Å²) in [6, 6.07) is 7.31. The number of aromatic nitrogens is 2. The Kier molecular flexibility index (Phi) is 5.86. The molecule has 0 aliphatic carbocycles. The Morgan fingerprint density at radius 2 is 2.19 bits per heavy atom. The lowest BCUT2D eigenvalue weighted by Crippen LogP contribution is -2.22. The van der Waals surface area contributed by atoms with Crippen LogP contribution in [0.25, 0.3) is 15.9 Å². The SMILES string of the molecule is CCc1sc2nc(SCCC(N)=O)n(-c3cccc(OC)c3)c(=O)c2c1C. The second kappa shape index (κ2) is 8.14. The van der Waals surface area contributed by atoms with Crippen molar-refractivity contribution >= 4 is 39.2 Å². The van der Waals surface area contributed by atoms with Crippen LogP contribution in [0, 0.1) is 6.92 Å². The molecule has 2 heterocycles. The lowest BCUT2D eigenvalue weighted by Gasteiger charge is -2.13. The summed E-state index contributed by atoms with van der Waals surface area (Å²) in [5.41, 5.74) is 6.81. The van der Waals surface area contributed by atoms with Gasteiger partial charge in [-0.25, -0.2) is 4.98 Å². The molecule has 0 atom stereocenters. The maximum Gasteiger partial charge on any atom is 0.267 e. The van der Waals surface area contributed by atoms with Gasteiger partial charge in [0.1, 0.15) is 10.6 Å². The molecule has 0 unspecified atom stereocenters. The van der Waals surface area contributed by atoms with Crippen molar-refractivity contribution in [3.63, 3.8) is 0 Å². The summed E-state index contributed by atoms with van der Waals surface area (Å²) in [6.07, 6.45) is 1.08. The largest absolute Gasteiger partial charge is 0.497 e. The molecular formula is C19H21N3O3S2. The number of thioether (sulfide) groups is 1. The van der Waals surface area contributed by atoms with Gasteiger partial charge in [-0.1, -0.05) is 24.8 Å². The van der Waals surface area contributed by atoms with Crippen molar-refractivity contribution in [3.05, 3.63) is 45.1 Å². The molecule has 0 saturated carbocycles. The average Bonchev–Trinajstić information content (AvgIpc) is 2.97. The predicted octanol–water partition coefficient (Wildman–Crippen LogP) is 3.29. The van der Waals surface area contributed by atoms with Gasteiger partial charge in [0.2, 0.25) is 5.91 Å². The molecule has 3 rings (SSSR count). The molecule has 2 aromatic heterocycles. The number of ether oxygens (including phenoxy) is 1. The molecule has 6 nitrogen and oxygen atoms in total. The number of amides is 1. The monoisotopic (exact) mass is 403 g/mol. The van der Waals surface area contributed by atoms with E-state index in [1.165, 1.54) is 11.8 Å². The van der Waals surface area contributed by atoms with Crippen molar-refractivity contribution in [2.24, 2.45) is 5.73 Å². The fourth-order valence-electron chi connectivity index (χ4n) is 2.86. The molecule has 0 aliphatic heterocycles. The Hall–Kier alpha value is -2.32. The second-order valence-corrected chi connectivity index (χ2v) is 8.13. The highest BCUT2D eigenvalue weighted by Crippen LogP contribution is 2.31. The van der Waals surface area contributed by atoms with Gasteiger partial charge >= 0.3 is 0 Å². The van der Waals surface area contributed by atoms with Crippen molar-refractivity contribution < 1.29 is 9.53 Å². The number of nitrogens with zero attached hydrogens (tertiary/aromatic N) is 2. The highest BCUT2D eigenvalue weighted by Gasteiger charge is 2.19. The van der Waals surface area contributed by atoms with Crippen molar-refractivity contribution in [2.45, 2.75) is 31.8 Å². The van der Waals surface area contributed by atoms with Crippen molar-refractivity contribution in [3.8, 4) is 11.4 Å². The molecule has 8 heteroatoms. The van der Waals surface area contributed by atoms with Crippen LogP contribution in [-0.4, -0.2) is 28.3 Å². The highest BCUT2D eigenvalue weighted by molar-refractivity contribution is 7.99. The Balaban J connectivity index is 2.23. The number of hydrogen-bond acceptors (Lipinski definition) is 6. The molecule has 0 fully saturated rings. The minimum Gasteiger partial charge on any atom is -0.497 e. The quantitative estimate of drug-likeness (QED) is 0.483. The van der Waals surface area contributed by atoms with Crippen LogP contribution >= 0.6 is 23.1 Å². The van der Waals surface area contributed by atoms with Gasteiger partial charge in [-0.15, -0.1) is 11.3 Å². The van der Waals surface area contributed by atoms with E-state index >= 15 is 0 Å². The number of nitrogens with two attached hydrogens (primary N) is 1. The van der Waals surface area contributed by atoms with E-state index in [-0.39, 0.29) is 17.9 Å². The summed E-state index contributed by atoms with van der Waals surface area (Å²) in [5.74, 6) is 0.741. The molecule has 1 aromatic carbocycles. The van der Waals surface area contributed by atoms with Gasteiger partial charge in [-0.2, -0.15) is 0 Å². The van der Waals surface area contributed by atoms with E-state index in [0.717, 1.165) is 21.7 Å². The number of primary amides is 1. The molecule has 2 N–H and O–H groups in total. The zero-order valence-electron chi connectivity index (χ0n) is 15.4. The molecule has 0 bridgehead atoms. The van der Waals surface area contributed by atoms with Crippen LogP contribution in [-0.2, 0) is 11.2 Å². The molecule has 0 saturated heterocycles. The Bertz CT molecular complexity index is 1060. The number of hydrogen-bond donors (Lipinski definition) is 1. The summed E-state index contributed by atoms with van der Waals surface area (Å²) in [5, 5.41) is 1.20. The number of methoxy groups -OCH3 is 1. The molecule has 3 aromatic rings. The van der Waals surface area contributed by atoms with E-state index in [1.54, 1.807) is 29.1 Å². The number of fused-ring (bicyclic) bond motifs is 1. The van der Waals surface area contributed by atoms with Crippen LogP contribution in [0.4, 0.5) is 0 Å². The minimum absolute atomic E-state index is 0.108. The zero-order valence-corrected chi connectivity index (χ0v) is 17.1. The highest BCUT2D eigenvalue weighted by atomic mass is 32.2. The van der Waals surface area contributed by atoms with Crippen molar-refractivity contribution in [1.29, 1.82) is 0 Å². The van der Waals surface area contributed by atoms with E-state index in [4.69, 9.17) is 15.5 Å². The fraction of sp³-hybridized carbons (Fsp3) is 0.316. The first-order valence-electron chi connectivity index (χ1n) is 8.56. The summed E-state index contributed by atoms with van der Waals surface area (Å²) in [7, 11) is 1.59. The van der Waals surface area contributed by atoms with Crippen LogP contribution in [0.2, 0.25) is 0 Å². The van der Waals surface area contributed by atoms with E-state index in [9.17, 15) is 9.59 Å². The fourth-order valence-corrected chi connectivity index (χ4v) is 4.99. The third kappa shape index (κ3) is 3.86. The Morgan fingerprint density at radius 3 is 2.85 bits per heavy atom. The lowest BCUT2D eigenvalue weighted by molar-refractivity contribution is -0.117. The van der Waals surface area contributed by atoms with Gasteiger partial charge in [-0.3, -0.25) is 14.2 Å². The van der Waals surface area contributed by atoms with Crippen LogP contribution in [0.15, 0.2) is 34.2 Å². The summed E-state index contributed by atoms with van der Waals surface area (Å²) in [6.45, 7) is 4.04. The summed E-state index contributed by atoms with van der Waals surface area (Å²) in [4.78, 5) is 31.1. The Labute approximate surface area is 165 Å². The smallest absolute Gasteiger partial charge is 0.267 e. The number of carbonyl (C=O) groups is 1. The van der Waals surface area contributed by atoms with E-state index in [1.807, 2.05) is 25.1 Å². The zero-order chi connectivity index (χ0) is 19.6. The van der Waals surface area contributed by atoms with Gasteiger partial charge in [0.15, 0.2) is 5.16 Å². The normalized spacial score (nSPS) is 11.1. The summed E-state index contributed by atoms with van der Waals surface area (Å²) < 4.78 is 6.89. The first-order chi connectivity index (χ1) is 13.0. The molecule has 142 valence electrons. The first-order valence-corrected chi connectivity index (χ1v) is 10.4. The van der Waals surface area contributed by atoms with Gasteiger partial charge in [-0.05, 0) is 31.0 Å². The molecule has 0 spiro atoms. The molecular weight excluding hydrogens is 382 g/mol. The molecule has 0 radical (unpaired) electrons. The number of thiophene rings is 1. The van der Waals surface area contributed by atoms with E-state index in [2.05, 4.69) is 6.92 Å². The van der Waals surface area contributed by atoms with Gasteiger partial charge in [0.05, 0.1) is 18.2 Å². The van der Waals surface area contributed by atoms with Gasteiger partial charge in [0.25, 0.3) is 5.56 Å². The number of carbonyl (C=O) groups excluding carboxylic acids is 1. The maximum atomic E-state index is 13.4. The summed E-state index contributed by atoms with van der Waals surface area (Å²) >= 11 is 2.90. The Morgan fingerprint density at radius 1 is 1.41 bits per heavy atom. The molecule has 27 heavy (non-hydrogen) atoms. The number of aryl methyl sites for hydroxylation is 2. The average molecular weight is 404 g/mol. The number of benzene rings is 1. The van der Waals surface area contributed by atoms with Crippen LogP contribution in [0.5, 0.6) is 5.75 Å². The predicted molar refractivity (Wildman–Crippen MR) is 110 cm³/mol. The lowest BCUT2D eigenvalue weighted by atomic mass is 10.2. The van der Waals surface area contributed by atoms with E-state index in [0.29, 0.717) is 27.7 Å². The van der Waals surface area contributed by atoms with Gasteiger partial charge in [0, 0.05) is 23.1 Å². The third-order valence-electron chi connectivity index (χ3n) is 4.24. The van der Waals surface area contributed by atoms with Crippen LogP contribution in [0.3, 0.4) is 0 Å². The van der Waals surface area contributed by atoms with Crippen LogP contribution in [0.1, 0.15) is 23.8 Å². The topological polar surface area (TPSA) is 87.2 Å². The molecule has 1 amide bonds. The van der Waals surface area contributed by atoms with Gasteiger partial charge < -0.3 is 10.5 Å². The second-order valence-electron chi connectivity index (χ2n) is 5.99. The minimum atomic E-state index is -0.376. The van der Waals surface area contributed by atoms with Crippen LogP contribution < -0.4 is 16.0 Å². The maximum absolute atomic E-state index is 13.4.